The van der Waals surface area contributed by atoms with Crippen molar-refractivity contribution in [3.8, 4) is 11.4 Å². The molecule has 0 amide bonds. The second-order valence-electron chi connectivity index (χ2n) is 5.10. The minimum absolute atomic E-state index is 0.246. The molecule has 2 heterocycles. The van der Waals surface area contributed by atoms with Gasteiger partial charge in [0.2, 0.25) is 11.7 Å². The van der Waals surface area contributed by atoms with E-state index in [0.29, 0.717) is 17.6 Å². The van der Waals surface area contributed by atoms with Gasteiger partial charge in [-0.15, -0.1) is 0 Å². The van der Waals surface area contributed by atoms with Gasteiger partial charge in [-0.25, -0.2) is 4.98 Å². The third kappa shape index (κ3) is 1.98. The van der Waals surface area contributed by atoms with Gasteiger partial charge in [0.15, 0.2) is 0 Å². The van der Waals surface area contributed by atoms with Crippen molar-refractivity contribution in [2.75, 3.05) is 0 Å². The van der Waals surface area contributed by atoms with Gasteiger partial charge in [-0.2, -0.15) is 4.98 Å². The molecule has 1 aromatic carbocycles. The summed E-state index contributed by atoms with van der Waals surface area (Å²) in [6, 6.07) is 5.98. The van der Waals surface area contributed by atoms with Crippen LogP contribution in [0.3, 0.4) is 0 Å². The van der Waals surface area contributed by atoms with Gasteiger partial charge in [0, 0.05) is 18.5 Å². The Kier molecular flexibility index (Phi) is 3.02. The molecular weight excluding hydrogens is 254 g/mol. The molecule has 0 saturated carbocycles. The summed E-state index contributed by atoms with van der Waals surface area (Å²) in [6.07, 6.45) is 0. The maximum atomic E-state index is 5.48. The van der Waals surface area contributed by atoms with E-state index in [1.807, 2.05) is 25.2 Å². The highest BCUT2D eigenvalue weighted by Gasteiger charge is 2.13. The summed E-state index contributed by atoms with van der Waals surface area (Å²) in [5.41, 5.74) is 8.39. The minimum Gasteiger partial charge on any atom is -0.338 e. The zero-order valence-corrected chi connectivity index (χ0v) is 11.8. The molecule has 2 N–H and O–H groups in total. The fourth-order valence-electron chi connectivity index (χ4n) is 2.33. The Morgan fingerprint density at radius 2 is 2.10 bits per heavy atom. The van der Waals surface area contributed by atoms with Crippen molar-refractivity contribution >= 4 is 11.0 Å². The zero-order chi connectivity index (χ0) is 14.3. The minimum atomic E-state index is 0.246. The van der Waals surface area contributed by atoms with E-state index in [9.17, 15) is 0 Å². The topological polar surface area (TPSA) is 82.8 Å². The second kappa shape index (κ2) is 4.72. The Bertz CT molecular complexity index is 756. The lowest BCUT2D eigenvalue weighted by Gasteiger charge is -2.04. The molecule has 6 heteroatoms. The quantitative estimate of drug-likeness (QED) is 0.789. The smallest absolute Gasteiger partial charge is 0.240 e. The van der Waals surface area contributed by atoms with Crippen molar-refractivity contribution in [3.05, 3.63) is 29.9 Å². The van der Waals surface area contributed by atoms with Crippen LogP contribution in [0.5, 0.6) is 0 Å². The number of rotatable bonds is 3. The Hall–Kier alpha value is -2.21. The van der Waals surface area contributed by atoms with Crippen molar-refractivity contribution in [1.29, 1.82) is 0 Å². The van der Waals surface area contributed by atoms with Crippen LogP contribution >= 0.6 is 0 Å². The number of nitrogens with zero attached hydrogens (tertiary/aromatic N) is 4. The molecule has 0 aliphatic rings. The van der Waals surface area contributed by atoms with Crippen LogP contribution in [0.2, 0.25) is 0 Å². The van der Waals surface area contributed by atoms with E-state index in [4.69, 9.17) is 10.3 Å². The van der Waals surface area contributed by atoms with Gasteiger partial charge >= 0.3 is 0 Å². The van der Waals surface area contributed by atoms with E-state index in [2.05, 4.69) is 33.5 Å². The molecule has 0 saturated heterocycles. The second-order valence-corrected chi connectivity index (χ2v) is 5.10. The molecule has 3 rings (SSSR count). The summed E-state index contributed by atoms with van der Waals surface area (Å²) < 4.78 is 7.15. The number of aromatic nitrogens is 4. The number of hydrogen-bond acceptors (Lipinski definition) is 5. The predicted octanol–water partition coefficient (Wildman–Crippen LogP) is 2.21. The summed E-state index contributed by atoms with van der Waals surface area (Å²) in [7, 11) is 2.03. The highest BCUT2D eigenvalue weighted by Crippen LogP contribution is 2.25. The summed E-state index contributed by atoms with van der Waals surface area (Å²) in [5.74, 6) is 2.42. The van der Waals surface area contributed by atoms with Gasteiger partial charge in [-0.05, 0) is 18.2 Å². The van der Waals surface area contributed by atoms with Crippen LogP contribution in [0.4, 0.5) is 0 Å². The molecule has 0 bridgehead atoms. The molecule has 6 nitrogen and oxygen atoms in total. The Morgan fingerprint density at radius 3 is 2.75 bits per heavy atom. The van der Waals surface area contributed by atoms with Crippen molar-refractivity contribution in [3.63, 3.8) is 0 Å². The van der Waals surface area contributed by atoms with Crippen LogP contribution in [-0.2, 0) is 13.6 Å². The molecule has 20 heavy (non-hydrogen) atoms. The maximum Gasteiger partial charge on any atom is 0.240 e. The average Bonchev–Trinajstić information content (AvgIpc) is 3.03. The van der Waals surface area contributed by atoms with Crippen molar-refractivity contribution in [1.82, 2.24) is 19.7 Å². The van der Waals surface area contributed by atoms with E-state index in [-0.39, 0.29) is 6.54 Å². The van der Waals surface area contributed by atoms with Crippen LogP contribution in [0.15, 0.2) is 22.7 Å². The van der Waals surface area contributed by atoms with Gasteiger partial charge in [-0.1, -0.05) is 19.0 Å². The summed E-state index contributed by atoms with van der Waals surface area (Å²) in [4.78, 5) is 8.91. The number of benzene rings is 1. The van der Waals surface area contributed by atoms with Gasteiger partial charge in [0.1, 0.15) is 5.82 Å². The van der Waals surface area contributed by atoms with Crippen molar-refractivity contribution in [2.24, 2.45) is 12.8 Å². The predicted molar refractivity (Wildman–Crippen MR) is 76.0 cm³/mol. The van der Waals surface area contributed by atoms with Crippen LogP contribution in [0.25, 0.3) is 22.4 Å². The lowest BCUT2D eigenvalue weighted by molar-refractivity contribution is 0.380. The third-order valence-electron chi connectivity index (χ3n) is 3.33. The SMILES string of the molecule is CC(C)c1nc2cc(-c3noc(CN)n3)ccc2n1C. The van der Waals surface area contributed by atoms with Crippen LogP contribution in [-0.4, -0.2) is 19.7 Å². The number of fused-ring (bicyclic) bond motifs is 1. The molecule has 0 radical (unpaired) electrons. The first-order valence-electron chi connectivity index (χ1n) is 6.59. The normalized spacial score (nSPS) is 11.7. The molecule has 0 spiro atoms. The first kappa shape index (κ1) is 12.8. The number of hydrogen-bond donors (Lipinski definition) is 1. The first-order chi connectivity index (χ1) is 9.60. The molecular formula is C14H17N5O. The Balaban J connectivity index is 2.10. The number of nitrogens with two attached hydrogens (primary N) is 1. The van der Waals surface area contributed by atoms with Gasteiger partial charge < -0.3 is 14.8 Å². The third-order valence-corrected chi connectivity index (χ3v) is 3.33. The fraction of sp³-hybridized carbons (Fsp3) is 0.357. The molecule has 0 fully saturated rings. The van der Waals surface area contributed by atoms with Crippen LogP contribution in [0.1, 0.15) is 31.5 Å². The molecule has 2 aromatic heterocycles. The monoisotopic (exact) mass is 271 g/mol. The van der Waals surface area contributed by atoms with Crippen LogP contribution in [0, 0.1) is 0 Å². The molecule has 0 aliphatic carbocycles. The van der Waals surface area contributed by atoms with Crippen molar-refractivity contribution in [2.45, 2.75) is 26.3 Å². The number of aryl methyl sites for hydroxylation is 1. The van der Waals surface area contributed by atoms with E-state index in [1.165, 1.54) is 0 Å². The van der Waals surface area contributed by atoms with E-state index < -0.39 is 0 Å². The maximum absolute atomic E-state index is 5.48. The summed E-state index contributed by atoms with van der Waals surface area (Å²) in [6.45, 7) is 4.51. The summed E-state index contributed by atoms with van der Waals surface area (Å²) in [5, 5.41) is 3.93. The molecule has 0 unspecified atom stereocenters. The molecule has 104 valence electrons. The molecule has 0 atom stereocenters. The van der Waals surface area contributed by atoms with Gasteiger partial charge in [-0.3, -0.25) is 0 Å². The standard InChI is InChI=1S/C14H17N5O/c1-8(2)14-16-10-6-9(4-5-11(10)19(14)3)13-17-12(7-15)20-18-13/h4-6,8H,7,15H2,1-3H3. The highest BCUT2D eigenvalue weighted by atomic mass is 16.5. The first-order valence-corrected chi connectivity index (χ1v) is 6.59. The lowest BCUT2D eigenvalue weighted by atomic mass is 10.2. The molecule has 3 aromatic rings. The van der Waals surface area contributed by atoms with E-state index in [0.717, 1.165) is 22.4 Å². The Morgan fingerprint density at radius 1 is 1.30 bits per heavy atom. The van der Waals surface area contributed by atoms with Gasteiger partial charge in [0.05, 0.1) is 17.6 Å². The summed E-state index contributed by atoms with van der Waals surface area (Å²) >= 11 is 0. The zero-order valence-electron chi connectivity index (χ0n) is 11.8. The van der Waals surface area contributed by atoms with Crippen molar-refractivity contribution < 1.29 is 4.52 Å². The van der Waals surface area contributed by atoms with E-state index in [1.54, 1.807) is 0 Å². The van der Waals surface area contributed by atoms with Gasteiger partial charge in [0.25, 0.3) is 0 Å². The highest BCUT2D eigenvalue weighted by molar-refractivity contribution is 5.81. The van der Waals surface area contributed by atoms with E-state index >= 15 is 0 Å². The Labute approximate surface area is 116 Å². The largest absolute Gasteiger partial charge is 0.338 e. The lowest BCUT2D eigenvalue weighted by Crippen LogP contribution is -1.99. The molecule has 0 aliphatic heterocycles. The van der Waals surface area contributed by atoms with Crippen LogP contribution < -0.4 is 5.73 Å². The average molecular weight is 271 g/mol. The fourth-order valence-corrected chi connectivity index (χ4v) is 2.33. The number of imidazole rings is 1.